The molecule has 98 valence electrons. The van der Waals surface area contributed by atoms with Crippen molar-refractivity contribution in [3.8, 4) is 0 Å². The minimum atomic E-state index is -0.00596. The minimum Gasteiger partial charge on any atom is -0.392 e. The van der Waals surface area contributed by atoms with Gasteiger partial charge in [-0.25, -0.2) is 0 Å². The van der Waals surface area contributed by atoms with Gasteiger partial charge < -0.3 is 10.2 Å². The van der Waals surface area contributed by atoms with Gasteiger partial charge in [-0.3, -0.25) is 0 Å². The lowest BCUT2D eigenvalue weighted by atomic mass is 10.1. The Morgan fingerprint density at radius 1 is 0.842 bits per heavy atom. The van der Waals surface area contributed by atoms with Crippen LogP contribution in [0.2, 0.25) is 0 Å². The predicted octanol–water partition coefficient (Wildman–Crippen LogP) is 3.40. The Morgan fingerprint density at radius 2 is 1.47 bits per heavy atom. The van der Waals surface area contributed by atoms with Crippen molar-refractivity contribution in [3.63, 3.8) is 0 Å². The standard InChI is InChI=1S/C15H16N2O2/c1-11-2-3-13(10-19)8-15(11)17-16-14-6-4-12(9-18)5-7-14/h2-8,18-19H,9-10H2,1H3. The largest absolute Gasteiger partial charge is 0.392 e. The molecule has 0 aliphatic rings. The van der Waals surface area contributed by atoms with Crippen molar-refractivity contribution >= 4 is 11.4 Å². The summed E-state index contributed by atoms with van der Waals surface area (Å²) < 4.78 is 0. The summed E-state index contributed by atoms with van der Waals surface area (Å²) in [4.78, 5) is 0. The molecule has 2 aromatic carbocycles. The SMILES string of the molecule is Cc1ccc(CO)cc1N=Nc1ccc(CO)cc1. The summed E-state index contributed by atoms with van der Waals surface area (Å²) in [6.45, 7) is 1.97. The molecule has 0 radical (unpaired) electrons. The van der Waals surface area contributed by atoms with Gasteiger partial charge in [-0.15, -0.1) is 0 Å². The van der Waals surface area contributed by atoms with Gasteiger partial charge in [0.15, 0.2) is 0 Å². The third kappa shape index (κ3) is 3.47. The monoisotopic (exact) mass is 256 g/mol. The number of hydrogen-bond acceptors (Lipinski definition) is 4. The summed E-state index contributed by atoms with van der Waals surface area (Å²) in [5.74, 6) is 0. The van der Waals surface area contributed by atoms with E-state index >= 15 is 0 Å². The van der Waals surface area contributed by atoms with E-state index in [9.17, 15) is 0 Å². The van der Waals surface area contributed by atoms with Crippen molar-refractivity contribution in [1.82, 2.24) is 0 Å². The van der Waals surface area contributed by atoms with Crippen LogP contribution < -0.4 is 0 Å². The number of aliphatic hydroxyl groups excluding tert-OH is 2. The highest BCUT2D eigenvalue weighted by Crippen LogP contribution is 2.23. The molecule has 0 atom stereocenters. The van der Waals surface area contributed by atoms with Gasteiger partial charge in [0, 0.05) is 0 Å². The average Bonchev–Trinajstić information content (AvgIpc) is 2.47. The van der Waals surface area contributed by atoms with Crippen molar-refractivity contribution < 1.29 is 10.2 Å². The molecule has 0 aliphatic carbocycles. The molecule has 0 aliphatic heterocycles. The van der Waals surface area contributed by atoms with Crippen molar-refractivity contribution in [3.05, 3.63) is 59.2 Å². The molecule has 0 saturated heterocycles. The highest BCUT2D eigenvalue weighted by Gasteiger charge is 1.99. The highest BCUT2D eigenvalue weighted by molar-refractivity contribution is 5.48. The summed E-state index contributed by atoms with van der Waals surface area (Å²) in [6, 6.07) is 12.8. The fourth-order valence-corrected chi connectivity index (χ4v) is 1.64. The van der Waals surface area contributed by atoms with Gasteiger partial charge in [-0.1, -0.05) is 24.3 Å². The Labute approximate surface area is 112 Å². The van der Waals surface area contributed by atoms with Crippen LogP contribution >= 0.6 is 0 Å². The van der Waals surface area contributed by atoms with Gasteiger partial charge in [0.25, 0.3) is 0 Å². The van der Waals surface area contributed by atoms with Gasteiger partial charge >= 0.3 is 0 Å². The van der Waals surface area contributed by atoms with E-state index < -0.39 is 0 Å². The van der Waals surface area contributed by atoms with Crippen LogP contribution in [0, 0.1) is 6.92 Å². The molecule has 0 spiro atoms. The second-order valence-corrected chi connectivity index (χ2v) is 4.30. The Balaban J connectivity index is 2.21. The molecule has 0 bridgehead atoms. The molecule has 2 aromatic rings. The molecular weight excluding hydrogens is 240 g/mol. The van der Waals surface area contributed by atoms with Gasteiger partial charge in [-0.2, -0.15) is 10.2 Å². The maximum absolute atomic E-state index is 9.10. The normalized spacial score (nSPS) is 11.1. The Hall–Kier alpha value is -2.04. The third-order valence-electron chi connectivity index (χ3n) is 2.85. The van der Waals surface area contributed by atoms with Crippen LogP contribution in [0.1, 0.15) is 16.7 Å². The fraction of sp³-hybridized carbons (Fsp3) is 0.200. The topological polar surface area (TPSA) is 65.2 Å². The van der Waals surface area contributed by atoms with Crippen LogP contribution in [-0.2, 0) is 13.2 Å². The van der Waals surface area contributed by atoms with E-state index in [0.29, 0.717) is 0 Å². The van der Waals surface area contributed by atoms with Crippen LogP contribution in [0.25, 0.3) is 0 Å². The average molecular weight is 256 g/mol. The first-order valence-electron chi connectivity index (χ1n) is 6.05. The lowest BCUT2D eigenvalue weighted by Crippen LogP contribution is -1.83. The van der Waals surface area contributed by atoms with E-state index in [-0.39, 0.29) is 13.2 Å². The molecule has 0 fully saturated rings. The number of nitrogens with zero attached hydrogens (tertiary/aromatic N) is 2. The first-order valence-corrected chi connectivity index (χ1v) is 6.05. The van der Waals surface area contributed by atoms with Crippen LogP contribution in [0.4, 0.5) is 11.4 Å². The van der Waals surface area contributed by atoms with Crippen LogP contribution in [0.5, 0.6) is 0 Å². The summed E-state index contributed by atoms with van der Waals surface area (Å²) in [7, 11) is 0. The van der Waals surface area contributed by atoms with Crippen molar-refractivity contribution in [2.24, 2.45) is 10.2 Å². The van der Waals surface area contributed by atoms with Crippen molar-refractivity contribution in [2.75, 3.05) is 0 Å². The lowest BCUT2D eigenvalue weighted by molar-refractivity contribution is 0.281. The molecule has 0 aromatic heterocycles. The molecule has 0 saturated carbocycles. The second kappa shape index (κ2) is 6.22. The smallest absolute Gasteiger partial charge is 0.0889 e. The second-order valence-electron chi connectivity index (χ2n) is 4.30. The molecule has 2 rings (SSSR count). The first-order chi connectivity index (χ1) is 9.22. The zero-order valence-electron chi connectivity index (χ0n) is 10.7. The number of benzene rings is 2. The fourth-order valence-electron chi connectivity index (χ4n) is 1.64. The minimum absolute atomic E-state index is 0.00596. The Bertz CT molecular complexity index is 577. The van der Waals surface area contributed by atoms with Crippen LogP contribution in [-0.4, -0.2) is 10.2 Å². The maximum atomic E-state index is 9.10. The van der Waals surface area contributed by atoms with E-state index in [1.165, 1.54) is 0 Å². The van der Waals surface area contributed by atoms with Crippen molar-refractivity contribution in [2.45, 2.75) is 20.1 Å². The van der Waals surface area contributed by atoms with E-state index in [1.807, 2.05) is 37.3 Å². The van der Waals surface area contributed by atoms with Gasteiger partial charge in [0.2, 0.25) is 0 Å². The van der Waals surface area contributed by atoms with E-state index in [1.54, 1.807) is 12.1 Å². The zero-order chi connectivity index (χ0) is 13.7. The molecule has 0 amide bonds. The van der Waals surface area contributed by atoms with Crippen LogP contribution in [0.3, 0.4) is 0 Å². The highest BCUT2D eigenvalue weighted by atomic mass is 16.3. The molecule has 19 heavy (non-hydrogen) atoms. The lowest BCUT2D eigenvalue weighted by Gasteiger charge is -2.02. The molecular formula is C15H16N2O2. The Kier molecular flexibility index (Phi) is 4.39. The number of hydrogen-bond donors (Lipinski definition) is 2. The number of aliphatic hydroxyl groups is 2. The van der Waals surface area contributed by atoms with Gasteiger partial charge in [-0.05, 0) is 41.8 Å². The third-order valence-corrected chi connectivity index (χ3v) is 2.85. The summed E-state index contributed by atoms with van der Waals surface area (Å²) >= 11 is 0. The zero-order valence-corrected chi connectivity index (χ0v) is 10.7. The number of aryl methyl sites for hydroxylation is 1. The first kappa shape index (κ1) is 13.4. The Morgan fingerprint density at radius 3 is 2.11 bits per heavy atom. The maximum Gasteiger partial charge on any atom is 0.0889 e. The van der Waals surface area contributed by atoms with Gasteiger partial charge in [0.1, 0.15) is 0 Å². The van der Waals surface area contributed by atoms with E-state index in [2.05, 4.69) is 10.2 Å². The van der Waals surface area contributed by atoms with E-state index in [0.717, 1.165) is 28.1 Å². The quantitative estimate of drug-likeness (QED) is 0.823. The number of rotatable bonds is 4. The predicted molar refractivity (Wildman–Crippen MR) is 73.6 cm³/mol. The summed E-state index contributed by atoms with van der Waals surface area (Å²) in [6.07, 6.45) is 0. The molecule has 0 heterocycles. The van der Waals surface area contributed by atoms with E-state index in [4.69, 9.17) is 10.2 Å². The van der Waals surface area contributed by atoms with Crippen LogP contribution in [0.15, 0.2) is 52.7 Å². The molecule has 2 N–H and O–H groups in total. The summed E-state index contributed by atoms with van der Waals surface area (Å²) in [5.41, 5.74) is 4.14. The molecule has 4 heteroatoms. The molecule has 0 unspecified atom stereocenters. The molecule has 4 nitrogen and oxygen atoms in total. The summed E-state index contributed by atoms with van der Waals surface area (Å²) in [5, 5.41) is 26.4. The number of azo groups is 1. The van der Waals surface area contributed by atoms with Gasteiger partial charge in [0.05, 0.1) is 24.6 Å². The van der Waals surface area contributed by atoms with Crippen molar-refractivity contribution in [1.29, 1.82) is 0 Å².